The van der Waals surface area contributed by atoms with E-state index in [1.807, 2.05) is 34.9 Å². The number of para-hydroxylation sites is 1. The van der Waals surface area contributed by atoms with E-state index in [2.05, 4.69) is 15.3 Å². The summed E-state index contributed by atoms with van der Waals surface area (Å²) in [6.45, 7) is 0. The molecular weight excluding hydrogens is 314 g/mol. The van der Waals surface area contributed by atoms with Gasteiger partial charge in [-0.05, 0) is 29.8 Å². The Bertz CT molecular complexity index is 1010. The van der Waals surface area contributed by atoms with E-state index in [-0.39, 0.29) is 11.5 Å². The van der Waals surface area contributed by atoms with E-state index in [1.54, 1.807) is 18.2 Å². The summed E-state index contributed by atoms with van der Waals surface area (Å²) >= 11 is 6.10. The molecule has 1 aliphatic rings. The van der Waals surface area contributed by atoms with Crippen molar-refractivity contribution < 1.29 is 0 Å². The van der Waals surface area contributed by atoms with Crippen LogP contribution >= 0.6 is 11.6 Å². The molecule has 0 saturated heterocycles. The maximum Gasteiger partial charge on any atom is 0.282 e. The minimum Gasteiger partial charge on any atom is -0.370 e. The Morgan fingerprint density at radius 3 is 2.83 bits per heavy atom. The second-order valence-corrected chi connectivity index (χ2v) is 5.63. The summed E-state index contributed by atoms with van der Waals surface area (Å²) in [5.74, 6) is 0.573. The van der Waals surface area contributed by atoms with Gasteiger partial charge in [-0.1, -0.05) is 35.9 Å². The number of guanidine groups is 1. The van der Waals surface area contributed by atoms with Crippen molar-refractivity contribution in [3.05, 3.63) is 69.5 Å². The van der Waals surface area contributed by atoms with Crippen LogP contribution in [0, 0.1) is 0 Å². The number of aliphatic imine (C=N–C) groups is 1. The van der Waals surface area contributed by atoms with E-state index in [9.17, 15) is 4.79 Å². The quantitative estimate of drug-likeness (QED) is 0.719. The fraction of sp³-hybridized carbons (Fsp3) is 0.0625. The van der Waals surface area contributed by atoms with E-state index in [4.69, 9.17) is 17.3 Å². The Kier molecular flexibility index (Phi) is 3.06. The van der Waals surface area contributed by atoms with Gasteiger partial charge in [-0.3, -0.25) is 14.7 Å². The van der Waals surface area contributed by atoms with Crippen LogP contribution in [0.25, 0.3) is 10.9 Å². The van der Waals surface area contributed by atoms with Gasteiger partial charge in [0.25, 0.3) is 5.56 Å². The number of nitrogens with two attached hydrogens (primary N) is 1. The summed E-state index contributed by atoms with van der Waals surface area (Å²) in [4.78, 5) is 20.7. The lowest BCUT2D eigenvalue weighted by Gasteiger charge is -2.27. The average molecular weight is 326 g/mol. The Labute approximate surface area is 136 Å². The topological polar surface area (TPSA) is 85.3 Å². The zero-order valence-electron chi connectivity index (χ0n) is 11.9. The SMILES string of the molecule is NC1=N[C@@H](c2cccc(Cl)c2)n2c(nc(=O)c3ccccc32)N1. The first-order valence-electron chi connectivity index (χ1n) is 7.00. The number of anilines is 1. The van der Waals surface area contributed by atoms with Crippen molar-refractivity contribution in [3.8, 4) is 0 Å². The van der Waals surface area contributed by atoms with Crippen molar-refractivity contribution in [2.75, 3.05) is 5.32 Å². The molecule has 23 heavy (non-hydrogen) atoms. The summed E-state index contributed by atoms with van der Waals surface area (Å²) in [5, 5.41) is 3.99. The molecule has 0 saturated carbocycles. The summed E-state index contributed by atoms with van der Waals surface area (Å²) in [5.41, 5.74) is 7.15. The van der Waals surface area contributed by atoms with Gasteiger partial charge < -0.3 is 5.73 Å². The maximum absolute atomic E-state index is 12.2. The third-order valence-corrected chi connectivity index (χ3v) is 3.96. The lowest BCUT2D eigenvalue weighted by atomic mass is 10.1. The van der Waals surface area contributed by atoms with Crippen molar-refractivity contribution in [3.63, 3.8) is 0 Å². The number of hydrogen-bond donors (Lipinski definition) is 2. The second kappa shape index (κ2) is 5.10. The molecule has 0 aliphatic carbocycles. The predicted octanol–water partition coefficient (Wildman–Crippen LogP) is 2.34. The second-order valence-electron chi connectivity index (χ2n) is 5.20. The standard InChI is InChI=1S/C16H12ClN5O/c17-10-5-3-4-9(8-10)13-19-15(18)21-16-20-14(23)11-6-1-2-7-12(11)22(13)16/h1-8,13H,(H3,18,19,20,21,23)/t13-/m1/s1. The molecule has 3 N–H and O–H groups in total. The number of halogens is 1. The summed E-state index contributed by atoms with van der Waals surface area (Å²) in [6.07, 6.45) is -0.442. The van der Waals surface area contributed by atoms with Gasteiger partial charge in [0.1, 0.15) is 0 Å². The van der Waals surface area contributed by atoms with Gasteiger partial charge in [0.2, 0.25) is 5.95 Å². The minimum absolute atomic E-state index is 0.206. The molecular formula is C16H12ClN5O. The van der Waals surface area contributed by atoms with Gasteiger partial charge in [-0.25, -0.2) is 4.99 Å². The van der Waals surface area contributed by atoms with Gasteiger partial charge in [-0.15, -0.1) is 0 Å². The minimum atomic E-state index is -0.442. The molecule has 2 heterocycles. The Morgan fingerprint density at radius 1 is 1.17 bits per heavy atom. The first-order chi connectivity index (χ1) is 11.1. The van der Waals surface area contributed by atoms with Crippen LogP contribution in [0.15, 0.2) is 58.3 Å². The van der Waals surface area contributed by atoms with Crippen LogP contribution in [0.4, 0.5) is 5.95 Å². The number of rotatable bonds is 1. The molecule has 0 amide bonds. The lowest BCUT2D eigenvalue weighted by Crippen LogP contribution is -2.34. The Morgan fingerprint density at radius 2 is 2.00 bits per heavy atom. The zero-order chi connectivity index (χ0) is 16.0. The maximum atomic E-state index is 12.2. The third-order valence-electron chi connectivity index (χ3n) is 3.72. The van der Waals surface area contributed by atoms with Crippen molar-refractivity contribution in [2.45, 2.75) is 6.17 Å². The van der Waals surface area contributed by atoms with Gasteiger partial charge in [0, 0.05) is 5.02 Å². The molecule has 3 aromatic rings. The van der Waals surface area contributed by atoms with Crippen LogP contribution < -0.4 is 16.6 Å². The fourth-order valence-electron chi connectivity index (χ4n) is 2.75. The number of aromatic nitrogens is 2. The average Bonchev–Trinajstić information content (AvgIpc) is 2.54. The summed E-state index contributed by atoms with van der Waals surface area (Å²) in [6, 6.07) is 14.7. The highest BCUT2D eigenvalue weighted by atomic mass is 35.5. The van der Waals surface area contributed by atoms with Crippen LogP contribution in [0.2, 0.25) is 5.02 Å². The van der Waals surface area contributed by atoms with Gasteiger partial charge >= 0.3 is 0 Å². The first kappa shape index (κ1) is 13.8. The van der Waals surface area contributed by atoms with Crippen LogP contribution in [0.3, 0.4) is 0 Å². The first-order valence-corrected chi connectivity index (χ1v) is 7.38. The van der Waals surface area contributed by atoms with E-state index >= 15 is 0 Å². The predicted molar refractivity (Wildman–Crippen MR) is 90.8 cm³/mol. The highest BCUT2D eigenvalue weighted by molar-refractivity contribution is 6.30. The molecule has 6 nitrogen and oxygen atoms in total. The molecule has 0 bridgehead atoms. The molecule has 0 unspecified atom stereocenters. The molecule has 4 rings (SSSR count). The third kappa shape index (κ3) is 2.24. The Balaban J connectivity index is 2.05. The molecule has 7 heteroatoms. The van der Waals surface area contributed by atoms with Crippen molar-refractivity contribution >= 4 is 34.4 Å². The molecule has 114 valence electrons. The summed E-state index contributed by atoms with van der Waals surface area (Å²) in [7, 11) is 0. The van der Waals surface area contributed by atoms with Crippen LogP contribution in [0.5, 0.6) is 0 Å². The molecule has 1 aromatic heterocycles. The smallest absolute Gasteiger partial charge is 0.282 e. The van der Waals surface area contributed by atoms with Crippen molar-refractivity contribution in [1.82, 2.24) is 9.55 Å². The van der Waals surface area contributed by atoms with E-state index in [1.165, 1.54) is 0 Å². The molecule has 0 fully saturated rings. The summed E-state index contributed by atoms with van der Waals surface area (Å²) < 4.78 is 1.85. The number of fused-ring (bicyclic) bond motifs is 3. The number of nitrogens with zero attached hydrogens (tertiary/aromatic N) is 3. The van der Waals surface area contributed by atoms with Crippen LogP contribution in [0.1, 0.15) is 11.7 Å². The Hall–Kier alpha value is -2.86. The monoisotopic (exact) mass is 325 g/mol. The van der Waals surface area contributed by atoms with E-state index in [0.717, 1.165) is 11.1 Å². The largest absolute Gasteiger partial charge is 0.370 e. The fourth-order valence-corrected chi connectivity index (χ4v) is 2.95. The van der Waals surface area contributed by atoms with E-state index in [0.29, 0.717) is 16.4 Å². The van der Waals surface area contributed by atoms with E-state index < -0.39 is 6.17 Å². The highest BCUT2D eigenvalue weighted by Crippen LogP contribution is 2.30. The normalized spacial score (nSPS) is 16.6. The number of hydrogen-bond acceptors (Lipinski definition) is 5. The van der Waals surface area contributed by atoms with Crippen LogP contribution in [-0.4, -0.2) is 15.5 Å². The number of benzene rings is 2. The highest BCUT2D eigenvalue weighted by Gasteiger charge is 2.24. The molecule has 0 spiro atoms. The molecule has 2 aromatic carbocycles. The number of nitrogens with one attached hydrogen (secondary N) is 1. The zero-order valence-corrected chi connectivity index (χ0v) is 12.7. The lowest BCUT2D eigenvalue weighted by molar-refractivity contribution is 0.616. The molecule has 1 aliphatic heterocycles. The van der Waals surface area contributed by atoms with Gasteiger partial charge in [0.15, 0.2) is 12.1 Å². The van der Waals surface area contributed by atoms with Gasteiger partial charge in [-0.2, -0.15) is 4.98 Å². The van der Waals surface area contributed by atoms with Crippen molar-refractivity contribution in [1.29, 1.82) is 0 Å². The van der Waals surface area contributed by atoms with Crippen LogP contribution in [-0.2, 0) is 0 Å². The van der Waals surface area contributed by atoms with Crippen molar-refractivity contribution in [2.24, 2.45) is 10.7 Å². The van der Waals surface area contributed by atoms with Gasteiger partial charge in [0.05, 0.1) is 10.9 Å². The molecule has 1 atom stereocenters. The molecule has 0 radical (unpaired) electrons.